The third-order valence-corrected chi connectivity index (χ3v) is 5.51. The SMILES string of the molecule is Cc1nccn1-c1c(-c2ccc(Cl)cc2)cnn2c(=O)n(Cc3ccc(C(F)(F)F)nc3)nc12. The van der Waals surface area contributed by atoms with Gasteiger partial charge in [0.2, 0.25) is 5.65 Å². The molecule has 0 bridgehead atoms. The van der Waals surface area contributed by atoms with Crippen LogP contribution in [0.4, 0.5) is 13.2 Å². The Hall–Kier alpha value is -3.99. The average Bonchev–Trinajstić information content (AvgIpc) is 3.36. The number of imidazole rings is 1. The van der Waals surface area contributed by atoms with Gasteiger partial charge in [0.25, 0.3) is 0 Å². The molecule has 0 spiro atoms. The summed E-state index contributed by atoms with van der Waals surface area (Å²) in [6, 6.07) is 9.28. The molecular formula is C22H15ClF3N7O. The predicted octanol–water partition coefficient (Wildman–Crippen LogP) is 4.17. The topological polar surface area (TPSA) is 82.9 Å². The number of fused-ring (bicyclic) bond motifs is 1. The molecule has 0 aliphatic rings. The van der Waals surface area contributed by atoms with Crippen LogP contribution >= 0.6 is 11.6 Å². The van der Waals surface area contributed by atoms with Gasteiger partial charge in [0.15, 0.2) is 0 Å². The lowest BCUT2D eigenvalue weighted by Crippen LogP contribution is -2.23. The second-order valence-electron chi connectivity index (χ2n) is 7.48. The number of alkyl halides is 3. The highest BCUT2D eigenvalue weighted by molar-refractivity contribution is 6.30. The molecule has 0 aliphatic heterocycles. The molecule has 0 saturated heterocycles. The van der Waals surface area contributed by atoms with Gasteiger partial charge in [-0.25, -0.2) is 14.5 Å². The molecule has 4 heterocycles. The van der Waals surface area contributed by atoms with E-state index < -0.39 is 17.6 Å². The molecule has 0 amide bonds. The number of halogens is 4. The minimum Gasteiger partial charge on any atom is -0.300 e. The fourth-order valence-corrected chi connectivity index (χ4v) is 3.73. The fourth-order valence-electron chi connectivity index (χ4n) is 3.60. The minimum atomic E-state index is -4.54. The van der Waals surface area contributed by atoms with Crippen molar-refractivity contribution in [2.75, 3.05) is 0 Å². The van der Waals surface area contributed by atoms with Crippen LogP contribution in [-0.4, -0.2) is 33.9 Å². The summed E-state index contributed by atoms with van der Waals surface area (Å²) >= 11 is 6.04. The summed E-state index contributed by atoms with van der Waals surface area (Å²) in [6.07, 6.45) is 1.46. The van der Waals surface area contributed by atoms with Crippen LogP contribution in [0.25, 0.3) is 22.5 Å². The molecule has 5 rings (SSSR count). The van der Waals surface area contributed by atoms with Crippen molar-refractivity contribution in [2.45, 2.75) is 19.6 Å². The molecule has 5 aromatic rings. The van der Waals surface area contributed by atoms with Crippen LogP contribution in [0.1, 0.15) is 17.1 Å². The molecule has 0 atom stereocenters. The number of benzene rings is 1. The van der Waals surface area contributed by atoms with Crippen molar-refractivity contribution in [3.63, 3.8) is 0 Å². The summed E-state index contributed by atoms with van der Waals surface area (Å²) < 4.78 is 42.5. The second-order valence-corrected chi connectivity index (χ2v) is 7.92. The maximum Gasteiger partial charge on any atom is 0.433 e. The molecular weight excluding hydrogens is 471 g/mol. The zero-order valence-corrected chi connectivity index (χ0v) is 18.3. The lowest BCUT2D eigenvalue weighted by molar-refractivity contribution is -0.141. The first-order valence-corrected chi connectivity index (χ1v) is 10.4. The Balaban J connectivity index is 1.66. The molecule has 1 aromatic carbocycles. The number of rotatable bonds is 4. The lowest BCUT2D eigenvalue weighted by Gasteiger charge is -2.12. The van der Waals surface area contributed by atoms with E-state index in [9.17, 15) is 18.0 Å². The van der Waals surface area contributed by atoms with Crippen molar-refractivity contribution in [3.05, 3.63) is 93.8 Å². The van der Waals surface area contributed by atoms with E-state index in [0.29, 0.717) is 27.7 Å². The van der Waals surface area contributed by atoms with E-state index in [-0.39, 0.29) is 12.2 Å². The quantitative estimate of drug-likeness (QED) is 0.381. The van der Waals surface area contributed by atoms with E-state index in [1.54, 1.807) is 35.3 Å². The third-order valence-electron chi connectivity index (χ3n) is 5.26. The number of hydrogen-bond donors (Lipinski definition) is 0. The summed E-state index contributed by atoms with van der Waals surface area (Å²) in [7, 11) is 0. The van der Waals surface area contributed by atoms with Gasteiger partial charge in [-0.05, 0) is 36.2 Å². The smallest absolute Gasteiger partial charge is 0.300 e. The van der Waals surface area contributed by atoms with Crippen LogP contribution in [0, 0.1) is 6.92 Å². The Kier molecular flexibility index (Phi) is 5.20. The van der Waals surface area contributed by atoms with Crippen LogP contribution in [0.2, 0.25) is 5.02 Å². The monoisotopic (exact) mass is 485 g/mol. The molecule has 0 saturated carbocycles. The Morgan fingerprint density at radius 3 is 2.41 bits per heavy atom. The molecule has 0 fully saturated rings. The van der Waals surface area contributed by atoms with Crippen molar-refractivity contribution in [1.29, 1.82) is 0 Å². The van der Waals surface area contributed by atoms with Crippen LogP contribution in [-0.2, 0) is 12.7 Å². The van der Waals surface area contributed by atoms with E-state index in [1.165, 1.54) is 6.07 Å². The molecule has 4 aromatic heterocycles. The molecule has 34 heavy (non-hydrogen) atoms. The number of aryl methyl sites for hydroxylation is 1. The Morgan fingerprint density at radius 2 is 1.79 bits per heavy atom. The summed E-state index contributed by atoms with van der Waals surface area (Å²) in [6.45, 7) is 1.73. The second kappa shape index (κ2) is 8.10. The van der Waals surface area contributed by atoms with Crippen molar-refractivity contribution >= 4 is 17.2 Å². The molecule has 0 aliphatic carbocycles. The van der Waals surface area contributed by atoms with Gasteiger partial charge in [0.1, 0.15) is 17.2 Å². The van der Waals surface area contributed by atoms with E-state index in [2.05, 4.69) is 20.2 Å². The summed E-state index contributed by atoms with van der Waals surface area (Å²) in [5.41, 5.74) is 1.17. The van der Waals surface area contributed by atoms with Crippen LogP contribution in [0.15, 0.2) is 66.0 Å². The fraction of sp³-hybridized carbons (Fsp3) is 0.136. The Labute approximate surface area is 194 Å². The van der Waals surface area contributed by atoms with E-state index in [1.807, 2.05) is 19.1 Å². The van der Waals surface area contributed by atoms with Gasteiger partial charge in [0.05, 0.1) is 12.7 Å². The van der Waals surface area contributed by atoms with Crippen molar-refractivity contribution < 1.29 is 13.2 Å². The van der Waals surface area contributed by atoms with E-state index in [0.717, 1.165) is 27.0 Å². The predicted molar refractivity (Wildman–Crippen MR) is 118 cm³/mol. The minimum absolute atomic E-state index is 0.0774. The summed E-state index contributed by atoms with van der Waals surface area (Å²) in [5.74, 6) is 0.664. The highest BCUT2D eigenvalue weighted by Gasteiger charge is 2.32. The van der Waals surface area contributed by atoms with Crippen molar-refractivity contribution in [3.8, 4) is 16.8 Å². The van der Waals surface area contributed by atoms with Crippen LogP contribution < -0.4 is 5.69 Å². The Bertz CT molecular complexity index is 1550. The van der Waals surface area contributed by atoms with Crippen molar-refractivity contribution in [1.82, 2.24) is 33.9 Å². The van der Waals surface area contributed by atoms with Gasteiger partial charge in [-0.1, -0.05) is 29.8 Å². The molecule has 0 radical (unpaired) electrons. The van der Waals surface area contributed by atoms with Crippen molar-refractivity contribution in [2.24, 2.45) is 0 Å². The first-order chi connectivity index (χ1) is 16.2. The normalized spacial score (nSPS) is 11.9. The molecule has 0 unspecified atom stereocenters. The molecule has 172 valence electrons. The van der Waals surface area contributed by atoms with Gasteiger partial charge in [-0.3, -0.25) is 9.55 Å². The van der Waals surface area contributed by atoms with E-state index in [4.69, 9.17) is 11.6 Å². The number of nitrogens with zero attached hydrogens (tertiary/aromatic N) is 7. The third kappa shape index (κ3) is 3.83. The maximum atomic E-state index is 13.0. The standard InChI is InChI=1S/C22H15ClF3N7O/c1-13-27-8-9-31(13)19-17(15-3-5-16(23)6-4-15)11-29-33-20(19)30-32(21(33)34)12-14-2-7-18(28-10-14)22(24,25)26/h2-11H,12H2,1H3. The zero-order chi connectivity index (χ0) is 24.0. The number of aromatic nitrogens is 7. The highest BCUT2D eigenvalue weighted by atomic mass is 35.5. The summed E-state index contributed by atoms with van der Waals surface area (Å²) in [4.78, 5) is 20.7. The molecule has 8 nitrogen and oxygen atoms in total. The zero-order valence-electron chi connectivity index (χ0n) is 17.5. The van der Waals surface area contributed by atoms with E-state index >= 15 is 0 Å². The van der Waals surface area contributed by atoms with Crippen LogP contribution in [0.3, 0.4) is 0 Å². The lowest BCUT2D eigenvalue weighted by atomic mass is 10.1. The summed E-state index contributed by atoms with van der Waals surface area (Å²) in [5, 5.41) is 9.31. The maximum absolute atomic E-state index is 13.0. The van der Waals surface area contributed by atoms with Crippen LogP contribution in [0.5, 0.6) is 0 Å². The van der Waals surface area contributed by atoms with Gasteiger partial charge < -0.3 is 0 Å². The number of pyridine rings is 1. The number of hydrogen-bond acceptors (Lipinski definition) is 5. The molecule has 0 N–H and O–H groups in total. The first-order valence-electron chi connectivity index (χ1n) is 9.99. The van der Waals surface area contributed by atoms with Gasteiger partial charge in [-0.2, -0.15) is 22.8 Å². The van der Waals surface area contributed by atoms with Gasteiger partial charge in [0, 0.05) is 29.2 Å². The largest absolute Gasteiger partial charge is 0.433 e. The first kappa shape index (κ1) is 21.8. The highest BCUT2D eigenvalue weighted by Crippen LogP contribution is 2.30. The average molecular weight is 486 g/mol. The van der Waals surface area contributed by atoms with Gasteiger partial charge >= 0.3 is 11.9 Å². The molecule has 12 heteroatoms. The Morgan fingerprint density at radius 1 is 1.03 bits per heavy atom. The van der Waals surface area contributed by atoms with Gasteiger partial charge in [-0.15, -0.1) is 5.10 Å².